The molecule has 0 radical (unpaired) electrons. The molecule has 5 heteroatoms. The number of pyridine rings is 1. The normalized spacial score (nSPS) is 19.9. The SMILES string of the molecule is CC(C)c1nnsc1C(O)C1CCCc2cccnc21. The molecule has 0 saturated heterocycles. The first kappa shape index (κ1) is 13.6. The Morgan fingerprint density at radius 3 is 3.05 bits per heavy atom. The average Bonchev–Trinajstić information content (AvgIpc) is 2.95. The third-order valence-electron chi connectivity index (χ3n) is 3.98. The quantitative estimate of drug-likeness (QED) is 0.942. The highest BCUT2D eigenvalue weighted by atomic mass is 32.1. The molecule has 2 aromatic heterocycles. The summed E-state index contributed by atoms with van der Waals surface area (Å²) < 4.78 is 4.03. The zero-order valence-electron chi connectivity index (χ0n) is 11.8. The summed E-state index contributed by atoms with van der Waals surface area (Å²) in [5.41, 5.74) is 3.24. The van der Waals surface area contributed by atoms with Gasteiger partial charge >= 0.3 is 0 Å². The molecule has 0 aliphatic heterocycles. The molecule has 0 fully saturated rings. The first-order chi connectivity index (χ1) is 9.68. The van der Waals surface area contributed by atoms with Gasteiger partial charge in [-0.05, 0) is 48.3 Å². The molecule has 4 nitrogen and oxygen atoms in total. The predicted octanol–water partition coefficient (Wildman–Crippen LogP) is 3.21. The lowest BCUT2D eigenvalue weighted by Crippen LogP contribution is -2.19. The molecule has 2 heterocycles. The summed E-state index contributed by atoms with van der Waals surface area (Å²) in [4.78, 5) is 5.42. The predicted molar refractivity (Wildman–Crippen MR) is 78.9 cm³/mol. The van der Waals surface area contributed by atoms with Crippen molar-refractivity contribution >= 4 is 11.5 Å². The van der Waals surface area contributed by atoms with E-state index < -0.39 is 6.10 Å². The van der Waals surface area contributed by atoms with Crippen LogP contribution in [0.1, 0.15) is 66.5 Å². The average molecular weight is 289 g/mol. The van der Waals surface area contributed by atoms with E-state index in [2.05, 4.69) is 34.5 Å². The lowest BCUT2D eigenvalue weighted by Gasteiger charge is -2.28. The number of rotatable bonds is 3. The van der Waals surface area contributed by atoms with E-state index in [1.807, 2.05) is 12.3 Å². The van der Waals surface area contributed by atoms with Gasteiger partial charge in [0.1, 0.15) is 6.10 Å². The Morgan fingerprint density at radius 2 is 2.25 bits per heavy atom. The van der Waals surface area contributed by atoms with Gasteiger partial charge in [-0.3, -0.25) is 4.98 Å². The Labute approximate surface area is 123 Å². The van der Waals surface area contributed by atoms with Crippen molar-refractivity contribution in [1.29, 1.82) is 0 Å². The maximum atomic E-state index is 10.8. The van der Waals surface area contributed by atoms with Crippen molar-refractivity contribution in [2.75, 3.05) is 0 Å². The third-order valence-corrected chi connectivity index (χ3v) is 4.79. The molecule has 20 heavy (non-hydrogen) atoms. The standard InChI is InChI=1S/C15H19N3OS/c1-9(2)12-15(20-18-17-12)14(19)11-7-3-5-10-6-4-8-16-13(10)11/h4,6,8-9,11,14,19H,3,5,7H2,1-2H3. The molecular weight excluding hydrogens is 270 g/mol. The molecule has 106 valence electrons. The lowest BCUT2D eigenvalue weighted by molar-refractivity contribution is 0.136. The van der Waals surface area contributed by atoms with Crippen molar-refractivity contribution in [3.8, 4) is 0 Å². The fourth-order valence-corrected chi connectivity index (χ4v) is 3.80. The van der Waals surface area contributed by atoms with Crippen LogP contribution in [0.3, 0.4) is 0 Å². The van der Waals surface area contributed by atoms with Crippen LogP contribution in [-0.2, 0) is 6.42 Å². The number of aromatic nitrogens is 3. The Bertz CT molecular complexity index is 596. The van der Waals surface area contributed by atoms with Gasteiger partial charge in [-0.2, -0.15) is 0 Å². The highest BCUT2D eigenvalue weighted by Gasteiger charge is 2.32. The largest absolute Gasteiger partial charge is 0.387 e. The molecule has 1 aliphatic rings. The van der Waals surface area contributed by atoms with Crippen LogP contribution in [0, 0.1) is 0 Å². The first-order valence-corrected chi connectivity index (χ1v) is 7.89. The topological polar surface area (TPSA) is 58.9 Å². The third kappa shape index (κ3) is 2.36. The summed E-state index contributed by atoms with van der Waals surface area (Å²) in [7, 11) is 0. The first-order valence-electron chi connectivity index (χ1n) is 7.12. The number of fused-ring (bicyclic) bond motifs is 1. The molecule has 0 amide bonds. The zero-order chi connectivity index (χ0) is 14.1. The van der Waals surface area contributed by atoms with Gasteiger partial charge in [-0.25, -0.2) is 0 Å². The molecule has 0 bridgehead atoms. The second-order valence-corrected chi connectivity index (χ2v) is 6.45. The van der Waals surface area contributed by atoms with Gasteiger partial charge < -0.3 is 5.11 Å². The number of aliphatic hydroxyl groups is 1. The minimum atomic E-state index is -0.540. The molecule has 0 saturated carbocycles. The van der Waals surface area contributed by atoms with E-state index in [0.717, 1.165) is 35.5 Å². The lowest BCUT2D eigenvalue weighted by atomic mass is 9.82. The van der Waals surface area contributed by atoms with Gasteiger partial charge in [0.25, 0.3) is 0 Å². The molecule has 0 spiro atoms. The molecular formula is C15H19N3OS. The van der Waals surface area contributed by atoms with E-state index in [1.54, 1.807) is 0 Å². The van der Waals surface area contributed by atoms with Crippen LogP contribution in [0.25, 0.3) is 0 Å². The maximum Gasteiger partial charge on any atom is 0.100 e. The van der Waals surface area contributed by atoms with Crippen LogP contribution in [0.5, 0.6) is 0 Å². The molecule has 2 aromatic rings. The van der Waals surface area contributed by atoms with E-state index in [1.165, 1.54) is 17.1 Å². The highest BCUT2D eigenvalue weighted by molar-refractivity contribution is 7.05. The van der Waals surface area contributed by atoms with Gasteiger partial charge in [-0.1, -0.05) is 24.4 Å². The van der Waals surface area contributed by atoms with Crippen molar-refractivity contribution in [1.82, 2.24) is 14.6 Å². The summed E-state index contributed by atoms with van der Waals surface area (Å²) in [6.07, 6.45) is 4.41. The molecule has 2 atom stereocenters. The summed E-state index contributed by atoms with van der Waals surface area (Å²) >= 11 is 1.32. The van der Waals surface area contributed by atoms with E-state index >= 15 is 0 Å². The summed E-state index contributed by atoms with van der Waals surface area (Å²) in [5, 5.41) is 15.0. The van der Waals surface area contributed by atoms with Crippen LogP contribution in [0.4, 0.5) is 0 Å². The van der Waals surface area contributed by atoms with Gasteiger partial charge in [0, 0.05) is 17.8 Å². The van der Waals surface area contributed by atoms with Crippen LogP contribution in [-0.4, -0.2) is 19.7 Å². The van der Waals surface area contributed by atoms with Crippen LogP contribution < -0.4 is 0 Å². The van der Waals surface area contributed by atoms with Crippen LogP contribution >= 0.6 is 11.5 Å². The number of aliphatic hydroxyl groups excluding tert-OH is 1. The number of nitrogens with zero attached hydrogens (tertiary/aromatic N) is 3. The molecule has 3 rings (SSSR count). The second kappa shape index (κ2) is 5.58. The second-order valence-electron chi connectivity index (χ2n) is 5.67. The Morgan fingerprint density at radius 1 is 1.40 bits per heavy atom. The summed E-state index contributed by atoms with van der Waals surface area (Å²) in [6, 6.07) is 4.09. The molecule has 1 N–H and O–H groups in total. The summed E-state index contributed by atoms with van der Waals surface area (Å²) in [6.45, 7) is 4.17. The molecule has 1 aliphatic carbocycles. The fraction of sp³-hybridized carbons (Fsp3) is 0.533. The summed E-state index contributed by atoms with van der Waals surface area (Å²) in [5.74, 6) is 0.352. The van der Waals surface area contributed by atoms with Crippen molar-refractivity contribution in [2.24, 2.45) is 0 Å². The number of hydrogen-bond donors (Lipinski definition) is 1. The Balaban J connectivity index is 1.95. The highest BCUT2D eigenvalue weighted by Crippen LogP contribution is 2.41. The van der Waals surface area contributed by atoms with Crippen molar-refractivity contribution in [2.45, 2.75) is 51.0 Å². The smallest absolute Gasteiger partial charge is 0.100 e. The van der Waals surface area contributed by atoms with Crippen molar-refractivity contribution in [3.05, 3.63) is 40.2 Å². The van der Waals surface area contributed by atoms with E-state index in [-0.39, 0.29) is 11.8 Å². The van der Waals surface area contributed by atoms with E-state index in [9.17, 15) is 5.11 Å². The number of hydrogen-bond acceptors (Lipinski definition) is 5. The minimum absolute atomic E-state index is 0.0692. The monoisotopic (exact) mass is 289 g/mol. The van der Waals surface area contributed by atoms with Crippen LogP contribution in [0.2, 0.25) is 0 Å². The molecule has 2 unspecified atom stereocenters. The molecule has 0 aromatic carbocycles. The van der Waals surface area contributed by atoms with E-state index in [0.29, 0.717) is 0 Å². The Kier molecular flexibility index (Phi) is 3.81. The maximum absolute atomic E-state index is 10.8. The van der Waals surface area contributed by atoms with Gasteiger partial charge in [0.05, 0.1) is 10.6 Å². The van der Waals surface area contributed by atoms with Crippen molar-refractivity contribution in [3.63, 3.8) is 0 Å². The van der Waals surface area contributed by atoms with Gasteiger partial charge in [0.2, 0.25) is 0 Å². The van der Waals surface area contributed by atoms with Crippen LogP contribution in [0.15, 0.2) is 18.3 Å². The fourth-order valence-electron chi connectivity index (χ4n) is 2.95. The van der Waals surface area contributed by atoms with Gasteiger partial charge in [0.15, 0.2) is 0 Å². The minimum Gasteiger partial charge on any atom is -0.387 e. The zero-order valence-corrected chi connectivity index (χ0v) is 12.6. The van der Waals surface area contributed by atoms with E-state index in [4.69, 9.17) is 0 Å². The number of aryl methyl sites for hydroxylation is 1. The Hall–Kier alpha value is -1.33. The van der Waals surface area contributed by atoms with Crippen molar-refractivity contribution < 1.29 is 5.11 Å². The van der Waals surface area contributed by atoms with Gasteiger partial charge in [-0.15, -0.1) is 5.10 Å².